The third-order valence-electron chi connectivity index (χ3n) is 4.34. The second-order valence-corrected chi connectivity index (χ2v) is 6.89. The van der Waals surface area contributed by atoms with E-state index in [0.29, 0.717) is 52.2 Å². The van der Waals surface area contributed by atoms with Crippen molar-refractivity contribution in [3.63, 3.8) is 0 Å². The van der Waals surface area contributed by atoms with E-state index in [2.05, 4.69) is 20.7 Å². The standard InChI is InChI=1S/C19H17BrF3NO4/c1-26-15-9-12(10-16(27-2)17(15)20)18(25)24-7-3-4-11-8-13(5-6-14(11)24)28-19(21,22)23/h5-6,8-10H,3-4,7H2,1-2H3. The van der Waals surface area contributed by atoms with Gasteiger partial charge in [0.25, 0.3) is 5.91 Å². The number of halogens is 4. The van der Waals surface area contributed by atoms with Gasteiger partial charge < -0.3 is 19.1 Å². The molecule has 1 amide bonds. The molecule has 1 aliphatic heterocycles. The second-order valence-electron chi connectivity index (χ2n) is 6.09. The summed E-state index contributed by atoms with van der Waals surface area (Å²) >= 11 is 3.36. The van der Waals surface area contributed by atoms with Crippen molar-refractivity contribution in [2.24, 2.45) is 0 Å². The first-order valence-corrected chi connectivity index (χ1v) is 9.15. The van der Waals surface area contributed by atoms with Crippen molar-refractivity contribution in [2.45, 2.75) is 19.2 Å². The van der Waals surface area contributed by atoms with Gasteiger partial charge in [0.2, 0.25) is 0 Å². The average molecular weight is 460 g/mol. The van der Waals surface area contributed by atoms with Crippen LogP contribution in [0.5, 0.6) is 17.2 Å². The lowest BCUT2D eigenvalue weighted by Crippen LogP contribution is -2.35. The average Bonchev–Trinajstić information content (AvgIpc) is 2.65. The molecule has 0 N–H and O–H groups in total. The van der Waals surface area contributed by atoms with Crippen molar-refractivity contribution in [1.82, 2.24) is 0 Å². The Hall–Kier alpha value is -2.42. The summed E-state index contributed by atoms with van der Waals surface area (Å²) in [6, 6.07) is 7.18. The number of amides is 1. The summed E-state index contributed by atoms with van der Waals surface area (Å²) < 4.78 is 52.5. The Bertz CT molecular complexity index is 876. The third-order valence-corrected chi connectivity index (χ3v) is 5.12. The van der Waals surface area contributed by atoms with Crippen molar-refractivity contribution in [2.75, 3.05) is 25.7 Å². The molecule has 28 heavy (non-hydrogen) atoms. The lowest BCUT2D eigenvalue weighted by Gasteiger charge is -2.30. The topological polar surface area (TPSA) is 48.0 Å². The lowest BCUT2D eigenvalue weighted by atomic mass is 10.00. The smallest absolute Gasteiger partial charge is 0.495 e. The van der Waals surface area contributed by atoms with E-state index in [4.69, 9.17) is 9.47 Å². The van der Waals surface area contributed by atoms with Gasteiger partial charge in [-0.2, -0.15) is 0 Å². The molecule has 1 aliphatic rings. The van der Waals surface area contributed by atoms with E-state index in [1.165, 1.54) is 32.4 Å². The first kappa shape index (κ1) is 20.3. The summed E-state index contributed by atoms with van der Waals surface area (Å²) in [6.45, 7) is 0.450. The van der Waals surface area contributed by atoms with Crippen molar-refractivity contribution in [3.8, 4) is 17.2 Å². The molecule has 9 heteroatoms. The van der Waals surface area contributed by atoms with Gasteiger partial charge >= 0.3 is 6.36 Å². The Kier molecular flexibility index (Phi) is 5.74. The largest absolute Gasteiger partial charge is 0.573 e. The minimum absolute atomic E-state index is 0.297. The molecule has 0 spiro atoms. The highest BCUT2D eigenvalue weighted by Gasteiger charge is 2.32. The molecule has 0 bridgehead atoms. The van der Waals surface area contributed by atoms with Gasteiger partial charge in [-0.05, 0) is 64.7 Å². The highest BCUT2D eigenvalue weighted by atomic mass is 79.9. The predicted octanol–water partition coefficient (Wildman–Crippen LogP) is 4.96. The van der Waals surface area contributed by atoms with Crippen LogP contribution in [0.15, 0.2) is 34.8 Å². The van der Waals surface area contributed by atoms with Gasteiger partial charge in [-0.15, -0.1) is 13.2 Å². The Morgan fingerprint density at radius 2 is 1.75 bits per heavy atom. The highest BCUT2D eigenvalue weighted by Crippen LogP contribution is 2.38. The molecule has 0 radical (unpaired) electrons. The van der Waals surface area contributed by atoms with Gasteiger partial charge in [-0.25, -0.2) is 0 Å². The maximum absolute atomic E-state index is 13.1. The van der Waals surface area contributed by atoms with Crippen LogP contribution in [0.4, 0.5) is 18.9 Å². The summed E-state index contributed by atoms with van der Waals surface area (Å²) in [7, 11) is 2.96. The minimum atomic E-state index is -4.76. The molecule has 1 heterocycles. The molecule has 0 saturated heterocycles. The van der Waals surface area contributed by atoms with Crippen molar-refractivity contribution < 1.29 is 32.2 Å². The van der Waals surface area contributed by atoms with Crippen LogP contribution in [0.1, 0.15) is 22.3 Å². The molecular weight excluding hydrogens is 443 g/mol. The zero-order valence-electron chi connectivity index (χ0n) is 15.1. The van der Waals surface area contributed by atoms with E-state index in [1.54, 1.807) is 17.0 Å². The number of nitrogens with zero attached hydrogens (tertiary/aromatic N) is 1. The van der Waals surface area contributed by atoms with Crippen LogP contribution in [0.3, 0.4) is 0 Å². The number of rotatable bonds is 4. The van der Waals surface area contributed by atoms with E-state index in [1.807, 2.05) is 0 Å². The van der Waals surface area contributed by atoms with Crippen molar-refractivity contribution in [3.05, 3.63) is 45.9 Å². The van der Waals surface area contributed by atoms with Gasteiger partial charge in [0.15, 0.2) is 0 Å². The quantitative estimate of drug-likeness (QED) is 0.648. The normalized spacial score (nSPS) is 13.7. The summed E-state index contributed by atoms with van der Waals surface area (Å²) in [5.41, 5.74) is 1.53. The fourth-order valence-corrected chi connectivity index (χ4v) is 3.68. The number of benzene rings is 2. The van der Waals surface area contributed by atoms with Crippen molar-refractivity contribution >= 4 is 27.5 Å². The van der Waals surface area contributed by atoms with E-state index >= 15 is 0 Å². The number of fused-ring (bicyclic) bond motifs is 1. The van der Waals surface area contributed by atoms with E-state index < -0.39 is 6.36 Å². The minimum Gasteiger partial charge on any atom is -0.495 e. The Morgan fingerprint density at radius 1 is 1.11 bits per heavy atom. The zero-order chi connectivity index (χ0) is 20.5. The summed E-state index contributed by atoms with van der Waals surface area (Å²) in [5.74, 6) is 0.282. The molecule has 0 unspecified atom stereocenters. The number of hydrogen-bond acceptors (Lipinski definition) is 4. The van der Waals surface area contributed by atoms with E-state index in [-0.39, 0.29) is 11.7 Å². The molecule has 5 nitrogen and oxygen atoms in total. The van der Waals surface area contributed by atoms with Crippen molar-refractivity contribution in [1.29, 1.82) is 0 Å². The SMILES string of the molecule is COc1cc(C(=O)N2CCCc3cc(OC(F)(F)F)ccc32)cc(OC)c1Br. The van der Waals surface area contributed by atoms with Gasteiger partial charge in [-0.1, -0.05) is 0 Å². The number of carbonyl (C=O) groups excluding carboxylic acids is 1. The van der Waals surface area contributed by atoms with Crippen LogP contribution in [0.2, 0.25) is 0 Å². The number of methoxy groups -OCH3 is 2. The Morgan fingerprint density at radius 3 is 2.32 bits per heavy atom. The van der Waals surface area contributed by atoms with Crippen LogP contribution in [-0.4, -0.2) is 33.0 Å². The molecular formula is C19H17BrF3NO4. The second kappa shape index (κ2) is 7.90. The first-order chi connectivity index (χ1) is 13.2. The number of hydrogen-bond donors (Lipinski definition) is 0. The molecule has 0 aliphatic carbocycles. The highest BCUT2D eigenvalue weighted by molar-refractivity contribution is 9.10. The summed E-state index contributed by atoms with van der Waals surface area (Å²) in [6.07, 6.45) is -3.58. The first-order valence-electron chi connectivity index (χ1n) is 8.35. The number of carbonyl (C=O) groups is 1. The molecule has 0 fully saturated rings. The summed E-state index contributed by atoms with van der Waals surface area (Å²) in [4.78, 5) is 14.7. The van der Waals surface area contributed by atoms with Gasteiger partial charge in [0.05, 0.1) is 14.2 Å². The number of anilines is 1. The Labute approximate surface area is 168 Å². The molecule has 0 aromatic heterocycles. The molecule has 2 aromatic rings. The van der Waals surface area contributed by atoms with Crippen LogP contribution in [0.25, 0.3) is 0 Å². The number of aryl methyl sites for hydroxylation is 1. The van der Waals surface area contributed by atoms with E-state index in [9.17, 15) is 18.0 Å². The van der Waals surface area contributed by atoms with Gasteiger partial charge in [0.1, 0.15) is 21.7 Å². The van der Waals surface area contributed by atoms with Crippen LogP contribution in [-0.2, 0) is 6.42 Å². The van der Waals surface area contributed by atoms with E-state index in [0.717, 1.165) is 0 Å². The Balaban J connectivity index is 1.95. The molecule has 150 valence electrons. The van der Waals surface area contributed by atoms with Gasteiger partial charge in [-0.3, -0.25) is 4.79 Å². The molecule has 0 saturated carbocycles. The lowest BCUT2D eigenvalue weighted by molar-refractivity contribution is -0.274. The molecule has 2 aromatic carbocycles. The molecule has 0 atom stereocenters. The summed E-state index contributed by atoms with van der Waals surface area (Å²) in [5, 5.41) is 0. The van der Waals surface area contributed by atoms with Gasteiger partial charge in [0, 0.05) is 17.8 Å². The van der Waals surface area contributed by atoms with Crippen LogP contribution in [0, 0.1) is 0 Å². The monoisotopic (exact) mass is 459 g/mol. The molecule has 3 rings (SSSR count). The fourth-order valence-electron chi connectivity index (χ4n) is 3.13. The van der Waals surface area contributed by atoms with Crippen LogP contribution < -0.4 is 19.1 Å². The van der Waals surface area contributed by atoms with Crippen LogP contribution >= 0.6 is 15.9 Å². The number of ether oxygens (including phenoxy) is 3. The number of alkyl halides is 3. The fraction of sp³-hybridized carbons (Fsp3) is 0.316. The third kappa shape index (κ3) is 4.19. The predicted molar refractivity (Wildman–Crippen MR) is 100 cm³/mol. The maximum Gasteiger partial charge on any atom is 0.573 e. The zero-order valence-corrected chi connectivity index (χ0v) is 16.7. The maximum atomic E-state index is 13.1.